The highest BCUT2D eigenvalue weighted by Gasteiger charge is 2.40. The number of likely N-dealkylation sites (tertiary alicyclic amines) is 1. The molecule has 188 valence electrons. The quantitative estimate of drug-likeness (QED) is 0.181. The highest BCUT2D eigenvalue weighted by molar-refractivity contribution is 6.04. The first kappa shape index (κ1) is 24.5. The van der Waals surface area contributed by atoms with Gasteiger partial charge in [0.25, 0.3) is 11.8 Å². The maximum Gasteiger partial charge on any atom is 0.266 e. The molecule has 0 saturated carbocycles. The molecule has 0 unspecified atom stereocenters. The first-order chi connectivity index (χ1) is 17.4. The molecular formula is C23H23N5O8. The Morgan fingerprint density at radius 2 is 2.00 bits per heavy atom. The van der Waals surface area contributed by atoms with Gasteiger partial charge in [-0.05, 0) is 47.2 Å². The fourth-order valence-electron chi connectivity index (χ4n) is 4.09. The first-order valence-corrected chi connectivity index (χ1v) is 10.8. The van der Waals surface area contributed by atoms with E-state index in [0.29, 0.717) is 17.1 Å². The minimum Gasteiger partial charge on any atom is -0.493 e. The highest BCUT2D eigenvalue weighted by Crippen LogP contribution is 2.28. The Morgan fingerprint density at radius 3 is 2.72 bits per heavy atom. The molecular weight excluding hydrogens is 474 g/mol. The van der Waals surface area contributed by atoms with Gasteiger partial charge in [0.05, 0.1) is 19.8 Å². The Morgan fingerprint density at radius 1 is 1.22 bits per heavy atom. The van der Waals surface area contributed by atoms with E-state index >= 15 is 0 Å². The molecule has 0 spiro atoms. The standard InChI is InChI=1S/C23H23N5O8/c1-34-18-8-6-13(10-19(18)35-2)7-9-20(29)27-12-14(11-17(27)23(31)25-32)24-22(30)15-4-3-5-16-21(15)28(33)36-26-16/h3-10,14,17,32H,11-12H2,1-2H3,(H,24,30)(H,25,31)/b9-7+/t14-,17-/m0/s1. The number of hydrogen-bond acceptors (Lipinski definition) is 9. The molecule has 3 aromatic rings. The predicted octanol–water partition coefficient (Wildman–Crippen LogP) is 0.397. The van der Waals surface area contributed by atoms with Crippen molar-refractivity contribution < 1.29 is 38.6 Å². The van der Waals surface area contributed by atoms with Crippen LogP contribution in [0.1, 0.15) is 22.3 Å². The van der Waals surface area contributed by atoms with Crippen LogP contribution >= 0.6 is 0 Å². The van der Waals surface area contributed by atoms with Crippen molar-refractivity contribution in [3.05, 3.63) is 58.8 Å². The summed E-state index contributed by atoms with van der Waals surface area (Å²) in [7, 11) is 3.00. The van der Waals surface area contributed by atoms with Crippen molar-refractivity contribution in [1.29, 1.82) is 0 Å². The van der Waals surface area contributed by atoms with Crippen LogP contribution in [0.3, 0.4) is 0 Å². The molecule has 13 nitrogen and oxygen atoms in total. The summed E-state index contributed by atoms with van der Waals surface area (Å²) in [5.41, 5.74) is 2.42. The Balaban J connectivity index is 1.50. The Labute approximate surface area is 204 Å². The first-order valence-electron chi connectivity index (χ1n) is 10.8. The zero-order valence-electron chi connectivity index (χ0n) is 19.3. The fourth-order valence-corrected chi connectivity index (χ4v) is 4.09. The van der Waals surface area contributed by atoms with Crippen LogP contribution in [0, 0.1) is 5.21 Å². The topological polar surface area (TPSA) is 170 Å². The van der Waals surface area contributed by atoms with Crippen LogP contribution in [0.5, 0.6) is 11.5 Å². The molecule has 0 bridgehead atoms. The maximum absolute atomic E-state index is 13.0. The number of aromatic nitrogens is 2. The van der Waals surface area contributed by atoms with Gasteiger partial charge in [0.15, 0.2) is 11.5 Å². The molecule has 2 heterocycles. The molecule has 2 atom stereocenters. The van der Waals surface area contributed by atoms with Gasteiger partial charge in [-0.3, -0.25) is 24.2 Å². The second-order valence-corrected chi connectivity index (χ2v) is 7.94. The zero-order valence-corrected chi connectivity index (χ0v) is 19.3. The van der Waals surface area contributed by atoms with Crippen LogP contribution < -0.4 is 25.2 Å². The summed E-state index contributed by atoms with van der Waals surface area (Å²) in [6.45, 7) is -0.00405. The van der Waals surface area contributed by atoms with Crippen LogP contribution in [0.2, 0.25) is 0 Å². The molecule has 1 saturated heterocycles. The van der Waals surface area contributed by atoms with E-state index in [-0.39, 0.29) is 34.5 Å². The van der Waals surface area contributed by atoms with E-state index in [1.165, 1.54) is 37.3 Å². The van der Waals surface area contributed by atoms with Crippen LogP contribution in [0.25, 0.3) is 17.1 Å². The largest absolute Gasteiger partial charge is 0.493 e. The van der Waals surface area contributed by atoms with E-state index < -0.39 is 29.8 Å². The molecule has 0 radical (unpaired) electrons. The van der Waals surface area contributed by atoms with E-state index in [2.05, 4.69) is 15.1 Å². The lowest BCUT2D eigenvalue weighted by Crippen LogP contribution is -2.44. The van der Waals surface area contributed by atoms with Crippen molar-refractivity contribution in [1.82, 2.24) is 20.9 Å². The summed E-state index contributed by atoms with van der Waals surface area (Å²) in [6, 6.07) is 7.94. The van der Waals surface area contributed by atoms with E-state index in [0.717, 1.165) is 0 Å². The summed E-state index contributed by atoms with van der Waals surface area (Å²) >= 11 is 0. The second-order valence-electron chi connectivity index (χ2n) is 7.94. The van der Waals surface area contributed by atoms with Crippen LogP contribution in [0.15, 0.2) is 47.1 Å². The number of hydrogen-bond donors (Lipinski definition) is 3. The van der Waals surface area contributed by atoms with E-state index in [1.807, 2.05) is 0 Å². The SMILES string of the molecule is COc1ccc(/C=C/C(=O)N2C[C@@H](NC(=O)c3cccc4no[n+]([O-])c34)C[C@H]2C(=O)NO)cc1OC. The molecule has 1 aliphatic heterocycles. The smallest absolute Gasteiger partial charge is 0.266 e. The number of ether oxygens (including phenoxy) is 2. The molecule has 1 fully saturated rings. The number of fused-ring (bicyclic) bond motifs is 1. The van der Waals surface area contributed by atoms with Gasteiger partial charge in [-0.1, -0.05) is 12.1 Å². The molecule has 2 aromatic carbocycles. The van der Waals surface area contributed by atoms with Gasteiger partial charge in [-0.25, -0.2) is 5.48 Å². The number of rotatable bonds is 7. The third-order valence-corrected chi connectivity index (χ3v) is 5.81. The molecule has 13 heteroatoms. The number of nitrogens with zero attached hydrogens (tertiary/aromatic N) is 3. The van der Waals surface area contributed by atoms with Crippen LogP contribution in [0.4, 0.5) is 0 Å². The lowest BCUT2D eigenvalue weighted by atomic mass is 10.1. The normalized spacial score (nSPS) is 17.4. The Kier molecular flexibility index (Phi) is 7.01. The molecule has 36 heavy (non-hydrogen) atoms. The minimum absolute atomic E-state index is 0.00405. The van der Waals surface area contributed by atoms with Crippen molar-refractivity contribution in [2.75, 3.05) is 20.8 Å². The van der Waals surface area contributed by atoms with E-state index in [1.54, 1.807) is 35.8 Å². The van der Waals surface area contributed by atoms with Gasteiger partial charge in [0, 0.05) is 23.8 Å². The number of methoxy groups -OCH3 is 2. The van der Waals surface area contributed by atoms with Crippen molar-refractivity contribution in [2.45, 2.75) is 18.5 Å². The summed E-state index contributed by atoms with van der Waals surface area (Å²) in [6.07, 6.45) is 2.87. The van der Waals surface area contributed by atoms with Gasteiger partial charge < -0.3 is 24.9 Å². The monoisotopic (exact) mass is 497 g/mol. The number of amides is 3. The summed E-state index contributed by atoms with van der Waals surface area (Å²) in [5.74, 6) is -0.887. The number of nitrogens with one attached hydrogen (secondary N) is 2. The Hall–Kier alpha value is -4.65. The summed E-state index contributed by atoms with van der Waals surface area (Å²) < 4.78 is 15.0. The molecule has 0 aliphatic carbocycles. The third kappa shape index (κ3) is 4.77. The maximum atomic E-state index is 13.0. The van der Waals surface area contributed by atoms with Crippen LogP contribution in [-0.4, -0.2) is 65.8 Å². The molecule has 1 aromatic heterocycles. The fraction of sp³-hybridized carbons (Fsp3) is 0.261. The average molecular weight is 497 g/mol. The Bertz CT molecular complexity index is 1340. The number of hydroxylamine groups is 1. The number of benzene rings is 2. The predicted molar refractivity (Wildman–Crippen MR) is 123 cm³/mol. The number of carbonyl (C=O) groups is 3. The zero-order chi connectivity index (χ0) is 25.8. The van der Waals surface area contributed by atoms with Gasteiger partial charge in [0.2, 0.25) is 16.9 Å². The lowest BCUT2D eigenvalue weighted by molar-refractivity contribution is -0.782. The average Bonchev–Trinajstić information content (AvgIpc) is 3.50. The van der Waals surface area contributed by atoms with Gasteiger partial charge in [-0.15, -0.1) is 0 Å². The van der Waals surface area contributed by atoms with Crippen molar-refractivity contribution in [2.24, 2.45) is 0 Å². The van der Waals surface area contributed by atoms with Gasteiger partial charge >= 0.3 is 0 Å². The molecule has 4 rings (SSSR count). The minimum atomic E-state index is -1.03. The summed E-state index contributed by atoms with van der Waals surface area (Å²) in [5, 5.41) is 27.3. The van der Waals surface area contributed by atoms with Crippen molar-refractivity contribution >= 4 is 34.8 Å². The van der Waals surface area contributed by atoms with Gasteiger partial charge in [0.1, 0.15) is 6.04 Å². The van der Waals surface area contributed by atoms with Crippen molar-refractivity contribution in [3.63, 3.8) is 0 Å². The summed E-state index contributed by atoms with van der Waals surface area (Å²) in [4.78, 5) is 39.5. The second kappa shape index (κ2) is 10.3. The van der Waals surface area contributed by atoms with Gasteiger partial charge in [-0.2, -0.15) is 0 Å². The highest BCUT2D eigenvalue weighted by atomic mass is 16.8. The number of carbonyl (C=O) groups excluding carboxylic acids is 3. The molecule has 3 amide bonds. The van der Waals surface area contributed by atoms with E-state index in [9.17, 15) is 19.6 Å². The molecule has 1 aliphatic rings. The van der Waals surface area contributed by atoms with E-state index in [4.69, 9.17) is 14.7 Å². The molecule has 3 N–H and O–H groups in total. The number of para-hydroxylation sites is 1. The van der Waals surface area contributed by atoms with Crippen molar-refractivity contribution in [3.8, 4) is 11.5 Å². The van der Waals surface area contributed by atoms with Crippen LogP contribution in [-0.2, 0) is 9.59 Å². The lowest BCUT2D eigenvalue weighted by Gasteiger charge is -2.21. The third-order valence-electron chi connectivity index (χ3n) is 5.81.